The number of urea groups is 1. The number of hydrogen-bond donors (Lipinski definition) is 2. The molecule has 2 aliphatic heterocycles. The number of anilines is 2. The van der Waals surface area contributed by atoms with Crippen LogP contribution < -0.4 is 15.5 Å². The van der Waals surface area contributed by atoms with Crippen LogP contribution in [0.1, 0.15) is 62.6 Å². The van der Waals surface area contributed by atoms with Gasteiger partial charge in [0.1, 0.15) is 5.82 Å². The molecule has 7 heteroatoms. The van der Waals surface area contributed by atoms with E-state index in [4.69, 9.17) is 9.72 Å². The number of nitrogens with one attached hydrogen (secondary N) is 2. The summed E-state index contributed by atoms with van der Waals surface area (Å²) in [7, 11) is 0. The van der Waals surface area contributed by atoms with Gasteiger partial charge in [-0.15, -0.1) is 0 Å². The van der Waals surface area contributed by atoms with Gasteiger partial charge in [0.15, 0.2) is 0 Å². The minimum atomic E-state index is -0.0775. The molecule has 4 aliphatic rings. The average Bonchev–Trinajstić information content (AvgIpc) is 3.77. The van der Waals surface area contributed by atoms with Crippen molar-refractivity contribution in [1.29, 1.82) is 0 Å². The van der Waals surface area contributed by atoms with Gasteiger partial charge in [-0.25, -0.2) is 9.78 Å². The first-order chi connectivity index (χ1) is 18.2. The standard InChI is InChI=1S/C30H39N5O2/c36-29(31-25-7-2-1-3-8-25)32-26-9-4-6-24(22-26)30(14-15-30)35-16-12-23(13-17-35)27-10-5-11-28(33-27)34-18-20-37-21-19-34/h4-6,9-12,22,25H,1-3,7-8,13-21H2,(H2,31,32,36). The zero-order valence-corrected chi connectivity index (χ0v) is 21.8. The van der Waals surface area contributed by atoms with E-state index in [-0.39, 0.29) is 11.6 Å². The maximum absolute atomic E-state index is 12.6. The van der Waals surface area contributed by atoms with Crippen molar-refractivity contribution in [2.24, 2.45) is 0 Å². The lowest BCUT2D eigenvalue weighted by molar-refractivity contribution is 0.122. The molecule has 6 rings (SSSR count). The molecule has 2 saturated carbocycles. The molecule has 0 unspecified atom stereocenters. The van der Waals surface area contributed by atoms with Gasteiger partial charge in [-0.1, -0.05) is 43.5 Å². The Bertz CT molecular complexity index is 1130. The molecule has 3 heterocycles. The second kappa shape index (κ2) is 10.8. The van der Waals surface area contributed by atoms with Crippen molar-refractivity contribution in [3.8, 4) is 0 Å². The van der Waals surface area contributed by atoms with Crippen LogP contribution in [-0.2, 0) is 10.3 Å². The molecule has 0 atom stereocenters. The van der Waals surface area contributed by atoms with E-state index in [0.717, 1.165) is 75.9 Å². The van der Waals surface area contributed by atoms with E-state index in [9.17, 15) is 4.79 Å². The number of ether oxygens (including phenoxy) is 1. The molecule has 0 spiro atoms. The van der Waals surface area contributed by atoms with Gasteiger partial charge >= 0.3 is 6.03 Å². The predicted molar refractivity (Wildman–Crippen MR) is 148 cm³/mol. The third kappa shape index (κ3) is 5.53. The number of carbonyl (C=O) groups excluding carboxylic acids is 1. The SMILES string of the molecule is O=C(Nc1cccc(C2(N3CC=C(c4cccc(N5CCOCC5)n4)CC3)CC2)c1)NC1CCCCC1. The summed E-state index contributed by atoms with van der Waals surface area (Å²) >= 11 is 0. The van der Waals surface area contributed by atoms with E-state index in [1.807, 2.05) is 6.07 Å². The van der Waals surface area contributed by atoms with Crippen molar-refractivity contribution in [3.63, 3.8) is 0 Å². The van der Waals surface area contributed by atoms with Crippen LogP contribution in [0.4, 0.5) is 16.3 Å². The number of pyridine rings is 1. The highest BCUT2D eigenvalue weighted by molar-refractivity contribution is 5.89. The summed E-state index contributed by atoms with van der Waals surface area (Å²) in [5, 5.41) is 6.26. The maximum Gasteiger partial charge on any atom is 0.319 e. The van der Waals surface area contributed by atoms with Crippen LogP contribution in [-0.4, -0.2) is 61.3 Å². The summed E-state index contributed by atoms with van der Waals surface area (Å²) in [6.07, 6.45) is 11.6. The van der Waals surface area contributed by atoms with Gasteiger partial charge in [-0.3, -0.25) is 4.90 Å². The zero-order valence-electron chi connectivity index (χ0n) is 21.8. The van der Waals surface area contributed by atoms with E-state index in [1.54, 1.807) is 0 Å². The second-order valence-corrected chi connectivity index (χ2v) is 11.0. The van der Waals surface area contributed by atoms with Crippen LogP contribution in [0.5, 0.6) is 0 Å². The molecule has 0 bridgehead atoms. The predicted octanol–water partition coefficient (Wildman–Crippen LogP) is 5.15. The monoisotopic (exact) mass is 501 g/mol. The van der Waals surface area contributed by atoms with Crippen LogP contribution in [0.3, 0.4) is 0 Å². The van der Waals surface area contributed by atoms with Gasteiger partial charge in [0, 0.05) is 43.4 Å². The molecule has 2 amide bonds. The van der Waals surface area contributed by atoms with Gasteiger partial charge in [0.2, 0.25) is 0 Å². The molecule has 3 fully saturated rings. The van der Waals surface area contributed by atoms with Crippen LogP contribution in [0, 0.1) is 0 Å². The number of nitrogens with zero attached hydrogens (tertiary/aromatic N) is 3. The molecule has 1 aromatic carbocycles. The molecule has 196 valence electrons. The third-order valence-corrected chi connectivity index (χ3v) is 8.53. The molecule has 2 aromatic rings. The fourth-order valence-electron chi connectivity index (χ4n) is 6.25. The lowest BCUT2D eigenvalue weighted by Crippen LogP contribution is -2.39. The van der Waals surface area contributed by atoms with Gasteiger partial charge in [-0.05, 0) is 67.5 Å². The van der Waals surface area contributed by atoms with Crippen molar-refractivity contribution < 1.29 is 9.53 Å². The quantitative estimate of drug-likeness (QED) is 0.573. The number of aromatic nitrogens is 1. The van der Waals surface area contributed by atoms with E-state index >= 15 is 0 Å². The maximum atomic E-state index is 12.6. The smallest absolute Gasteiger partial charge is 0.319 e. The Hall–Kier alpha value is -2.90. The zero-order chi connectivity index (χ0) is 25.1. The number of amides is 2. The molecule has 1 saturated heterocycles. The molecule has 0 radical (unpaired) electrons. The molecule has 7 nitrogen and oxygen atoms in total. The summed E-state index contributed by atoms with van der Waals surface area (Å²) in [6, 6.07) is 15.1. The molecule has 37 heavy (non-hydrogen) atoms. The number of carbonyl (C=O) groups is 1. The first kappa shape index (κ1) is 24.4. The average molecular weight is 502 g/mol. The molecular formula is C30H39N5O2. The minimum Gasteiger partial charge on any atom is -0.378 e. The molecule has 1 aromatic heterocycles. The number of benzene rings is 1. The Labute approximate surface area is 220 Å². The number of morpholine rings is 1. The Morgan fingerprint density at radius 3 is 2.57 bits per heavy atom. The van der Waals surface area contributed by atoms with Gasteiger partial charge in [0.05, 0.1) is 18.9 Å². The fourth-order valence-corrected chi connectivity index (χ4v) is 6.25. The Morgan fingerprint density at radius 1 is 1.00 bits per heavy atom. The van der Waals surface area contributed by atoms with E-state index < -0.39 is 0 Å². The lowest BCUT2D eigenvalue weighted by Gasteiger charge is -2.35. The minimum absolute atomic E-state index is 0.0775. The first-order valence-electron chi connectivity index (χ1n) is 14.1. The van der Waals surface area contributed by atoms with Crippen LogP contribution in [0.2, 0.25) is 0 Å². The molecule has 2 N–H and O–H groups in total. The fraction of sp³-hybridized carbons (Fsp3) is 0.533. The highest BCUT2D eigenvalue weighted by Crippen LogP contribution is 2.52. The van der Waals surface area contributed by atoms with Crippen molar-refractivity contribution >= 4 is 23.1 Å². The summed E-state index contributed by atoms with van der Waals surface area (Å²) in [4.78, 5) is 22.5. The topological polar surface area (TPSA) is 69.7 Å². The summed E-state index contributed by atoms with van der Waals surface area (Å²) in [5.74, 6) is 1.06. The van der Waals surface area contributed by atoms with E-state index in [1.165, 1.54) is 43.2 Å². The van der Waals surface area contributed by atoms with Gasteiger partial charge < -0.3 is 20.3 Å². The second-order valence-electron chi connectivity index (χ2n) is 11.0. The Morgan fingerprint density at radius 2 is 1.81 bits per heavy atom. The highest BCUT2D eigenvalue weighted by atomic mass is 16.5. The van der Waals surface area contributed by atoms with Crippen molar-refractivity contribution in [2.45, 2.75) is 62.9 Å². The Kier molecular flexibility index (Phi) is 7.16. The van der Waals surface area contributed by atoms with Crippen LogP contribution in [0.15, 0.2) is 48.5 Å². The van der Waals surface area contributed by atoms with E-state index in [0.29, 0.717) is 6.04 Å². The van der Waals surface area contributed by atoms with E-state index in [2.05, 4.69) is 62.9 Å². The lowest BCUT2D eigenvalue weighted by atomic mass is 9.96. The largest absolute Gasteiger partial charge is 0.378 e. The first-order valence-corrected chi connectivity index (χ1v) is 14.1. The van der Waals surface area contributed by atoms with Gasteiger partial charge in [0.25, 0.3) is 0 Å². The highest BCUT2D eigenvalue weighted by Gasteiger charge is 2.49. The third-order valence-electron chi connectivity index (χ3n) is 8.53. The van der Waals surface area contributed by atoms with Crippen LogP contribution >= 0.6 is 0 Å². The normalized spacial score (nSPS) is 22.3. The van der Waals surface area contributed by atoms with Crippen molar-refractivity contribution in [1.82, 2.24) is 15.2 Å². The molecule has 2 aliphatic carbocycles. The summed E-state index contributed by atoms with van der Waals surface area (Å²) < 4.78 is 5.50. The summed E-state index contributed by atoms with van der Waals surface area (Å²) in [6.45, 7) is 5.30. The van der Waals surface area contributed by atoms with Gasteiger partial charge in [-0.2, -0.15) is 0 Å². The van der Waals surface area contributed by atoms with Crippen molar-refractivity contribution in [3.05, 3.63) is 59.8 Å². The van der Waals surface area contributed by atoms with Crippen molar-refractivity contribution in [2.75, 3.05) is 49.6 Å². The number of hydrogen-bond acceptors (Lipinski definition) is 5. The molecular weight excluding hydrogens is 462 g/mol. The number of rotatable bonds is 6. The van der Waals surface area contributed by atoms with Crippen LogP contribution in [0.25, 0.3) is 5.57 Å². The summed E-state index contributed by atoms with van der Waals surface area (Å²) in [5.41, 5.74) is 4.73. The Balaban J connectivity index is 1.10.